The molecule has 0 radical (unpaired) electrons. The number of aliphatic hydroxyl groups is 1. The lowest BCUT2D eigenvalue weighted by Crippen LogP contribution is -2.54. The molecule has 84 valence electrons. The van der Waals surface area contributed by atoms with E-state index in [1.165, 1.54) is 0 Å². The molecule has 0 aromatic heterocycles. The first-order valence-electron chi connectivity index (χ1n) is 5.78. The summed E-state index contributed by atoms with van der Waals surface area (Å²) in [5, 5.41) is 10.3. The molecule has 3 aliphatic rings. The maximum absolute atomic E-state index is 10.3. The zero-order chi connectivity index (χ0) is 10.5. The van der Waals surface area contributed by atoms with Gasteiger partial charge in [-0.3, -0.25) is 0 Å². The highest BCUT2D eigenvalue weighted by molar-refractivity contribution is 5.29. The van der Waals surface area contributed by atoms with Crippen molar-refractivity contribution in [3.63, 3.8) is 0 Å². The minimum atomic E-state index is -0.312. The fourth-order valence-corrected chi connectivity index (χ4v) is 3.58. The Morgan fingerprint density at radius 2 is 2.47 bits per heavy atom. The van der Waals surface area contributed by atoms with E-state index < -0.39 is 0 Å². The predicted octanol–water partition coefficient (Wildman–Crippen LogP) is 1.26. The molecule has 2 aliphatic carbocycles. The van der Waals surface area contributed by atoms with E-state index in [1.54, 1.807) is 7.11 Å². The standard InChI is InChI=1S/C12H18O3/c1-14-8-11-6-3-5-10-12(11,15-10)7-2-4-9(11)13/h3,6,9-10,13H,2,4-5,7-8H2,1H3/t9-,10-,11-,12-/m0/s1. The number of hydrogen-bond donors (Lipinski definition) is 1. The molecule has 0 aromatic carbocycles. The molecule has 0 unspecified atom stereocenters. The molecule has 3 heteroatoms. The first-order chi connectivity index (χ1) is 7.25. The van der Waals surface area contributed by atoms with Crippen molar-refractivity contribution in [3.05, 3.63) is 12.2 Å². The third kappa shape index (κ3) is 1.06. The van der Waals surface area contributed by atoms with Crippen LogP contribution in [0.15, 0.2) is 12.2 Å². The summed E-state index contributed by atoms with van der Waals surface area (Å²) in [5.74, 6) is 0. The first-order valence-corrected chi connectivity index (χ1v) is 5.78. The average molecular weight is 210 g/mol. The molecule has 1 saturated heterocycles. The van der Waals surface area contributed by atoms with Crippen molar-refractivity contribution >= 4 is 0 Å². The Bertz CT molecular complexity index is 301. The Morgan fingerprint density at radius 3 is 3.27 bits per heavy atom. The van der Waals surface area contributed by atoms with E-state index in [-0.39, 0.29) is 17.1 Å². The molecular formula is C12H18O3. The summed E-state index contributed by atoms with van der Waals surface area (Å²) < 4.78 is 11.2. The van der Waals surface area contributed by atoms with Gasteiger partial charge in [0.25, 0.3) is 0 Å². The number of aliphatic hydroxyl groups excluding tert-OH is 1. The molecule has 0 amide bonds. The molecular weight excluding hydrogens is 192 g/mol. The van der Waals surface area contributed by atoms with Crippen molar-refractivity contribution in [3.8, 4) is 0 Å². The minimum absolute atomic E-state index is 0.102. The molecule has 1 N–H and O–H groups in total. The number of rotatable bonds is 2. The van der Waals surface area contributed by atoms with E-state index >= 15 is 0 Å². The van der Waals surface area contributed by atoms with Gasteiger partial charge in [-0.15, -0.1) is 0 Å². The summed E-state index contributed by atoms with van der Waals surface area (Å²) in [4.78, 5) is 0. The Kier molecular flexibility index (Phi) is 2.00. The van der Waals surface area contributed by atoms with Crippen LogP contribution in [-0.2, 0) is 9.47 Å². The van der Waals surface area contributed by atoms with E-state index in [1.807, 2.05) is 0 Å². The average Bonchev–Trinajstić information content (AvgIpc) is 2.92. The van der Waals surface area contributed by atoms with Gasteiger partial charge < -0.3 is 14.6 Å². The molecule has 0 bridgehead atoms. The Labute approximate surface area is 90.1 Å². The molecule has 15 heavy (non-hydrogen) atoms. The van der Waals surface area contributed by atoms with Gasteiger partial charge in [0, 0.05) is 7.11 Å². The summed E-state index contributed by atoms with van der Waals surface area (Å²) >= 11 is 0. The Morgan fingerprint density at radius 1 is 1.60 bits per heavy atom. The zero-order valence-corrected chi connectivity index (χ0v) is 9.11. The quantitative estimate of drug-likeness (QED) is 0.551. The Hall–Kier alpha value is -0.380. The highest BCUT2D eigenvalue weighted by atomic mass is 16.6. The van der Waals surface area contributed by atoms with Gasteiger partial charge in [-0.1, -0.05) is 12.2 Å². The van der Waals surface area contributed by atoms with Crippen LogP contribution >= 0.6 is 0 Å². The van der Waals surface area contributed by atoms with E-state index in [0.29, 0.717) is 12.7 Å². The van der Waals surface area contributed by atoms with Crippen molar-refractivity contribution in [2.24, 2.45) is 5.41 Å². The van der Waals surface area contributed by atoms with Gasteiger partial charge in [-0.05, 0) is 25.7 Å². The third-order valence-electron chi connectivity index (χ3n) is 4.37. The lowest BCUT2D eigenvalue weighted by Gasteiger charge is -2.45. The summed E-state index contributed by atoms with van der Waals surface area (Å²) in [7, 11) is 1.70. The van der Waals surface area contributed by atoms with Crippen LogP contribution in [0, 0.1) is 5.41 Å². The molecule has 3 rings (SSSR count). The number of ether oxygens (including phenoxy) is 2. The molecule has 4 atom stereocenters. The van der Waals surface area contributed by atoms with E-state index in [2.05, 4.69) is 12.2 Å². The summed E-state index contributed by atoms with van der Waals surface area (Å²) in [6.45, 7) is 0.571. The summed E-state index contributed by atoms with van der Waals surface area (Å²) in [6, 6.07) is 0. The van der Waals surface area contributed by atoms with Gasteiger partial charge in [0.05, 0.1) is 24.2 Å². The van der Waals surface area contributed by atoms with Crippen LogP contribution in [0.4, 0.5) is 0 Å². The van der Waals surface area contributed by atoms with Crippen molar-refractivity contribution in [2.45, 2.75) is 43.5 Å². The van der Waals surface area contributed by atoms with Gasteiger partial charge >= 0.3 is 0 Å². The largest absolute Gasteiger partial charge is 0.392 e. The van der Waals surface area contributed by atoms with Crippen LogP contribution in [0.1, 0.15) is 25.7 Å². The Balaban J connectivity index is 2.01. The van der Waals surface area contributed by atoms with Crippen molar-refractivity contribution < 1.29 is 14.6 Å². The van der Waals surface area contributed by atoms with Crippen LogP contribution in [0.5, 0.6) is 0 Å². The maximum atomic E-state index is 10.3. The molecule has 3 nitrogen and oxygen atoms in total. The lowest BCUT2D eigenvalue weighted by molar-refractivity contribution is -0.0775. The minimum Gasteiger partial charge on any atom is -0.392 e. The number of hydrogen-bond acceptors (Lipinski definition) is 3. The second-order valence-electron chi connectivity index (χ2n) is 5.02. The van der Waals surface area contributed by atoms with E-state index in [9.17, 15) is 5.11 Å². The maximum Gasteiger partial charge on any atom is 0.109 e. The summed E-state index contributed by atoms with van der Waals surface area (Å²) in [5.41, 5.74) is -0.377. The van der Waals surface area contributed by atoms with E-state index in [0.717, 1.165) is 25.7 Å². The second kappa shape index (κ2) is 3.06. The topological polar surface area (TPSA) is 42.0 Å². The third-order valence-corrected chi connectivity index (χ3v) is 4.37. The van der Waals surface area contributed by atoms with Gasteiger partial charge in [0.15, 0.2) is 0 Å². The van der Waals surface area contributed by atoms with Gasteiger partial charge in [-0.25, -0.2) is 0 Å². The van der Waals surface area contributed by atoms with Crippen LogP contribution < -0.4 is 0 Å². The molecule has 1 aliphatic heterocycles. The van der Waals surface area contributed by atoms with Crippen molar-refractivity contribution in [1.29, 1.82) is 0 Å². The smallest absolute Gasteiger partial charge is 0.109 e. The molecule has 1 spiro atoms. The summed E-state index contributed by atoms with van der Waals surface area (Å²) in [6.07, 6.45) is 8.30. The first kappa shape index (κ1) is 9.82. The highest BCUT2D eigenvalue weighted by Crippen LogP contribution is 2.62. The molecule has 1 saturated carbocycles. The van der Waals surface area contributed by atoms with Gasteiger partial charge in [-0.2, -0.15) is 0 Å². The highest BCUT2D eigenvalue weighted by Gasteiger charge is 2.71. The molecule has 0 aromatic rings. The number of methoxy groups -OCH3 is 1. The monoisotopic (exact) mass is 210 g/mol. The lowest BCUT2D eigenvalue weighted by atomic mass is 9.60. The van der Waals surface area contributed by atoms with Gasteiger partial charge in [0.2, 0.25) is 0 Å². The second-order valence-corrected chi connectivity index (χ2v) is 5.02. The molecule has 2 fully saturated rings. The molecule has 1 heterocycles. The van der Waals surface area contributed by atoms with Crippen molar-refractivity contribution in [2.75, 3.05) is 13.7 Å². The number of epoxide rings is 1. The van der Waals surface area contributed by atoms with E-state index in [4.69, 9.17) is 9.47 Å². The van der Waals surface area contributed by atoms with Crippen LogP contribution in [0.2, 0.25) is 0 Å². The van der Waals surface area contributed by atoms with Crippen LogP contribution in [-0.4, -0.2) is 36.6 Å². The predicted molar refractivity (Wildman–Crippen MR) is 55.5 cm³/mol. The van der Waals surface area contributed by atoms with Gasteiger partial charge in [0.1, 0.15) is 5.60 Å². The van der Waals surface area contributed by atoms with Crippen LogP contribution in [0.25, 0.3) is 0 Å². The van der Waals surface area contributed by atoms with Crippen LogP contribution in [0.3, 0.4) is 0 Å². The SMILES string of the molecule is COC[C@]12C=CC[C@@H]3O[C@@]31CCC[C@@H]2O. The normalized spacial score (nSPS) is 52.1. The fourth-order valence-electron chi connectivity index (χ4n) is 3.58. The fraction of sp³-hybridized carbons (Fsp3) is 0.833. The zero-order valence-electron chi connectivity index (χ0n) is 9.11. The van der Waals surface area contributed by atoms with Crippen molar-refractivity contribution in [1.82, 2.24) is 0 Å².